The van der Waals surface area contributed by atoms with E-state index in [-0.39, 0.29) is 30.7 Å². The number of ether oxygens (including phenoxy) is 1. The van der Waals surface area contributed by atoms with Crippen LogP contribution in [0.3, 0.4) is 0 Å². The van der Waals surface area contributed by atoms with E-state index in [0.717, 1.165) is 25.0 Å². The fraction of sp³-hybridized carbons (Fsp3) is 0.429. The summed E-state index contributed by atoms with van der Waals surface area (Å²) in [5.74, 6) is -2.02. The Morgan fingerprint density at radius 2 is 2.00 bits per heavy atom. The van der Waals surface area contributed by atoms with Crippen LogP contribution >= 0.6 is 0 Å². The predicted octanol–water partition coefficient (Wildman–Crippen LogP) is 2.85. The van der Waals surface area contributed by atoms with Gasteiger partial charge in [-0.3, -0.25) is 9.59 Å². The third-order valence-corrected chi connectivity index (χ3v) is 5.67. The molecule has 8 heteroatoms. The molecule has 0 bridgehead atoms. The molecular weight excluding hydrogens is 380 g/mol. The van der Waals surface area contributed by atoms with Gasteiger partial charge in [0.05, 0.1) is 24.5 Å². The van der Waals surface area contributed by atoms with Gasteiger partial charge in [0.1, 0.15) is 17.3 Å². The fourth-order valence-corrected chi connectivity index (χ4v) is 4.05. The molecular formula is C21H23F2N3O3. The molecule has 1 atom stereocenters. The SMILES string of the molecule is C[C@H]1CCCN1C(=O)c1cc(C(=O)NCc2c(F)cccc2F)c2n1CCOC2. The Kier molecular flexibility index (Phi) is 5.36. The van der Waals surface area contributed by atoms with E-state index in [0.29, 0.717) is 36.6 Å². The molecule has 0 aliphatic carbocycles. The Balaban J connectivity index is 1.59. The molecule has 0 unspecified atom stereocenters. The second-order valence-corrected chi connectivity index (χ2v) is 7.47. The first-order valence-electron chi connectivity index (χ1n) is 9.79. The number of rotatable bonds is 4. The molecule has 4 rings (SSSR count). The lowest BCUT2D eigenvalue weighted by Crippen LogP contribution is -2.35. The molecule has 3 heterocycles. The van der Waals surface area contributed by atoms with Crippen LogP contribution in [0.2, 0.25) is 0 Å². The van der Waals surface area contributed by atoms with Gasteiger partial charge in [-0.15, -0.1) is 0 Å². The smallest absolute Gasteiger partial charge is 0.270 e. The summed E-state index contributed by atoms with van der Waals surface area (Å²) in [6, 6.07) is 5.30. The van der Waals surface area contributed by atoms with Crippen molar-refractivity contribution in [2.75, 3.05) is 13.2 Å². The van der Waals surface area contributed by atoms with E-state index in [4.69, 9.17) is 4.74 Å². The van der Waals surface area contributed by atoms with Crippen molar-refractivity contribution in [1.29, 1.82) is 0 Å². The van der Waals surface area contributed by atoms with Gasteiger partial charge in [0.2, 0.25) is 0 Å². The number of amides is 2. The molecule has 1 aromatic heterocycles. The third-order valence-electron chi connectivity index (χ3n) is 5.67. The molecule has 0 spiro atoms. The standard InChI is InChI=1S/C21H23F2N3O3/c1-13-4-3-7-25(13)21(28)18-10-14(19-12-29-9-8-26(18)19)20(27)24-11-15-16(22)5-2-6-17(15)23/h2,5-6,10,13H,3-4,7-9,11-12H2,1H3,(H,24,27)/t13-/m0/s1. The van der Waals surface area contributed by atoms with E-state index in [9.17, 15) is 18.4 Å². The summed E-state index contributed by atoms with van der Waals surface area (Å²) in [7, 11) is 0. The number of likely N-dealkylation sites (tertiary alicyclic amines) is 1. The minimum atomic E-state index is -0.716. The summed E-state index contributed by atoms with van der Waals surface area (Å²) in [4.78, 5) is 27.7. The Morgan fingerprint density at radius 1 is 1.24 bits per heavy atom. The minimum Gasteiger partial charge on any atom is -0.373 e. The van der Waals surface area contributed by atoms with Crippen LogP contribution in [0.15, 0.2) is 24.3 Å². The third kappa shape index (κ3) is 3.64. The molecule has 29 heavy (non-hydrogen) atoms. The number of halogens is 2. The van der Waals surface area contributed by atoms with Gasteiger partial charge in [0, 0.05) is 31.2 Å². The lowest BCUT2D eigenvalue weighted by atomic mass is 10.1. The molecule has 2 aliphatic heterocycles. The molecule has 0 saturated carbocycles. The molecule has 0 radical (unpaired) electrons. The number of nitrogens with zero attached hydrogens (tertiary/aromatic N) is 2. The van der Waals surface area contributed by atoms with Crippen LogP contribution in [0.1, 0.15) is 51.9 Å². The second kappa shape index (κ2) is 7.94. The first-order chi connectivity index (χ1) is 14.0. The number of benzene rings is 1. The average Bonchev–Trinajstić information content (AvgIpc) is 3.31. The molecule has 2 amide bonds. The molecule has 2 aromatic rings. The normalized spacial score (nSPS) is 18.6. The van der Waals surface area contributed by atoms with Crippen molar-refractivity contribution in [3.8, 4) is 0 Å². The van der Waals surface area contributed by atoms with E-state index in [1.54, 1.807) is 6.07 Å². The maximum Gasteiger partial charge on any atom is 0.270 e. The van der Waals surface area contributed by atoms with Gasteiger partial charge in [0.25, 0.3) is 11.8 Å². The van der Waals surface area contributed by atoms with Gasteiger partial charge >= 0.3 is 0 Å². The largest absolute Gasteiger partial charge is 0.373 e. The van der Waals surface area contributed by atoms with Gasteiger partial charge in [0.15, 0.2) is 0 Å². The van der Waals surface area contributed by atoms with Crippen molar-refractivity contribution < 1.29 is 23.1 Å². The number of hydrogen-bond acceptors (Lipinski definition) is 3. The Bertz CT molecular complexity index is 937. The summed E-state index contributed by atoms with van der Waals surface area (Å²) in [6.45, 7) is 3.58. The molecule has 2 aliphatic rings. The van der Waals surface area contributed by atoms with Crippen LogP contribution in [0.4, 0.5) is 8.78 Å². The highest BCUT2D eigenvalue weighted by Crippen LogP contribution is 2.25. The van der Waals surface area contributed by atoms with E-state index >= 15 is 0 Å². The molecule has 1 fully saturated rings. The Morgan fingerprint density at radius 3 is 2.69 bits per heavy atom. The summed E-state index contributed by atoms with van der Waals surface area (Å²) >= 11 is 0. The van der Waals surface area contributed by atoms with E-state index in [1.807, 2.05) is 16.4 Å². The van der Waals surface area contributed by atoms with Crippen LogP contribution in [0.25, 0.3) is 0 Å². The van der Waals surface area contributed by atoms with Crippen LogP contribution < -0.4 is 5.32 Å². The van der Waals surface area contributed by atoms with Gasteiger partial charge < -0.3 is 19.5 Å². The number of carbonyl (C=O) groups is 2. The van der Waals surface area contributed by atoms with Crippen molar-refractivity contribution in [3.63, 3.8) is 0 Å². The first-order valence-corrected chi connectivity index (χ1v) is 9.79. The number of fused-ring (bicyclic) bond motifs is 1. The molecule has 6 nitrogen and oxygen atoms in total. The lowest BCUT2D eigenvalue weighted by Gasteiger charge is -2.24. The van der Waals surface area contributed by atoms with Gasteiger partial charge in [-0.1, -0.05) is 6.07 Å². The molecule has 1 saturated heterocycles. The second-order valence-electron chi connectivity index (χ2n) is 7.47. The van der Waals surface area contributed by atoms with Crippen LogP contribution in [0, 0.1) is 11.6 Å². The van der Waals surface area contributed by atoms with Crippen LogP contribution in [0.5, 0.6) is 0 Å². The maximum atomic E-state index is 13.8. The zero-order chi connectivity index (χ0) is 20.5. The zero-order valence-electron chi connectivity index (χ0n) is 16.2. The van der Waals surface area contributed by atoms with Gasteiger partial charge in [-0.2, -0.15) is 0 Å². The highest BCUT2D eigenvalue weighted by atomic mass is 19.1. The highest BCUT2D eigenvalue weighted by Gasteiger charge is 2.32. The number of hydrogen-bond donors (Lipinski definition) is 1. The summed E-state index contributed by atoms with van der Waals surface area (Å²) in [5, 5.41) is 2.56. The minimum absolute atomic E-state index is 0.0997. The molecule has 1 N–H and O–H groups in total. The van der Waals surface area contributed by atoms with Crippen molar-refractivity contribution in [3.05, 3.63) is 58.4 Å². The number of nitrogens with one attached hydrogen (secondary N) is 1. The summed E-state index contributed by atoms with van der Waals surface area (Å²) in [6.07, 6.45) is 1.93. The Labute approximate surface area is 167 Å². The first kappa shape index (κ1) is 19.6. The lowest BCUT2D eigenvalue weighted by molar-refractivity contribution is 0.0684. The zero-order valence-corrected chi connectivity index (χ0v) is 16.2. The van der Waals surface area contributed by atoms with Crippen molar-refractivity contribution >= 4 is 11.8 Å². The number of aromatic nitrogens is 1. The predicted molar refractivity (Wildman–Crippen MR) is 101 cm³/mol. The maximum absolute atomic E-state index is 13.8. The van der Waals surface area contributed by atoms with Crippen molar-refractivity contribution in [1.82, 2.24) is 14.8 Å². The quantitative estimate of drug-likeness (QED) is 0.854. The van der Waals surface area contributed by atoms with Gasteiger partial charge in [-0.05, 0) is 38.0 Å². The highest BCUT2D eigenvalue weighted by molar-refractivity contribution is 6.00. The van der Waals surface area contributed by atoms with E-state index in [2.05, 4.69) is 5.32 Å². The summed E-state index contributed by atoms with van der Waals surface area (Å²) in [5.41, 5.74) is 1.17. The van der Waals surface area contributed by atoms with Crippen molar-refractivity contribution in [2.24, 2.45) is 0 Å². The number of carbonyl (C=O) groups excluding carboxylic acids is 2. The molecule has 1 aromatic carbocycles. The Hall–Kier alpha value is -2.74. The monoisotopic (exact) mass is 403 g/mol. The topological polar surface area (TPSA) is 63.6 Å². The van der Waals surface area contributed by atoms with Gasteiger partial charge in [-0.25, -0.2) is 8.78 Å². The van der Waals surface area contributed by atoms with E-state index in [1.165, 1.54) is 6.07 Å². The van der Waals surface area contributed by atoms with Crippen molar-refractivity contribution in [2.45, 2.75) is 45.5 Å². The average molecular weight is 403 g/mol. The van der Waals surface area contributed by atoms with E-state index < -0.39 is 17.5 Å². The summed E-state index contributed by atoms with van der Waals surface area (Å²) < 4.78 is 35.0. The fourth-order valence-electron chi connectivity index (χ4n) is 4.05. The molecule has 154 valence electrons. The van der Waals surface area contributed by atoms with Crippen LogP contribution in [-0.4, -0.2) is 40.5 Å². The van der Waals surface area contributed by atoms with Crippen LogP contribution in [-0.2, 0) is 24.4 Å².